The molecule has 0 atom stereocenters. The smallest absolute Gasteiger partial charge is 0.223 e. The molecular formula is C14H23N3O. The highest BCUT2D eigenvalue weighted by Gasteiger charge is 2.06. The number of carbonyl (C=O) groups is 1. The second-order valence-corrected chi connectivity index (χ2v) is 4.49. The number of hydrogen-bond acceptors (Lipinski definition) is 3. The van der Waals surface area contributed by atoms with Crippen molar-refractivity contribution < 1.29 is 4.79 Å². The number of aliphatic imine (C=N–C) groups is 1. The van der Waals surface area contributed by atoms with Gasteiger partial charge in [-0.25, -0.2) is 0 Å². The van der Waals surface area contributed by atoms with E-state index in [1.54, 1.807) is 0 Å². The van der Waals surface area contributed by atoms with Gasteiger partial charge in [-0.05, 0) is 26.3 Å². The Morgan fingerprint density at radius 3 is 3.00 bits per heavy atom. The number of unbranched alkanes of at least 4 members (excludes halogenated alkanes) is 1. The maximum Gasteiger partial charge on any atom is 0.223 e. The first-order chi connectivity index (χ1) is 8.63. The van der Waals surface area contributed by atoms with Crippen LogP contribution in [0.5, 0.6) is 0 Å². The number of hydrogen-bond donors (Lipinski definition) is 1. The fourth-order valence-corrected chi connectivity index (χ4v) is 1.66. The lowest BCUT2D eigenvalue weighted by atomic mass is 10.2. The number of amides is 1. The van der Waals surface area contributed by atoms with E-state index in [9.17, 15) is 4.79 Å². The number of nitrogens with zero attached hydrogens (tertiary/aromatic N) is 2. The van der Waals surface area contributed by atoms with Gasteiger partial charge >= 0.3 is 0 Å². The van der Waals surface area contributed by atoms with Gasteiger partial charge in [-0.15, -0.1) is 0 Å². The summed E-state index contributed by atoms with van der Waals surface area (Å²) in [5.41, 5.74) is 2.21. The van der Waals surface area contributed by atoms with E-state index < -0.39 is 0 Å². The van der Waals surface area contributed by atoms with E-state index in [1.165, 1.54) is 0 Å². The fourth-order valence-electron chi connectivity index (χ4n) is 1.66. The van der Waals surface area contributed by atoms with Crippen LogP contribution in [-0.4, -0.2) is 29.7 Å². The SMILES string of the molecule is CCCCNC(=O)C/C=C\N1CN=C(C)C=C1C. The average Bonchev–Trinajstić information content (AvgIpc) is 2.32. The van der Waals surface area contributed by atoms with Gasteiger partial charge in [-0.3, -0.25) is 9.79 Å². The molecule has 4 heteroatoms. The molecule has 4 nitrogen and oxygen atoms in total. The number of carbonyl (C=O) groups excluding carboxylic acids is 1. The van der Waals surface area contributed by atoms with Crippen molar-refractivity contribution in [2.45, 2.75) is 40.0 Å². The van der Waals surface area contributed by atoms with Crippen molar-refractivity contribution in [1.29, 1.82) is 0 Å². The molecular weight excluding hydrogens is 226 g/mol. The lowest BCUT2D eigenvalue weighted by molar-refractivity contribution is -0.120. The first kappa shape index (κ1) is 14.5. The average molecular weight is 249 g/mol. The number of rotatable bonds is 6. The molecule has 0 unspecified atom stereocenters. The molecule has 0 aromatic rings. The molecule has 1 amide bonds. The second kappa shape index (κ2) is 7.69. The molecule has 0 saturated heterocycles. The number of allylic oxidation sites excluding steroid dienone is 2. The summed E-state index contributed by atoms with van der Waals surface area (Å²) in [4.78, 5) is 17.8. The lowest BCUT2D eigenvalue weighted by Gasteiger charge is -2.22. The lowest BCUT2D eigenvalue weighted by Crippen LogP contribution is -2.24. The highest BCUT2D eigenvalue weighted by Crippen LogP contribution is 2.10. The van der Waals surface area contributed by atoms with Gasteiger partial charge in [0.05, 0.1) is 0 Å². The van der Waals surface area contributed by atoms with Crippen LogP contribution in [0.3, 0.4) is 0 Å². The molecule has 0 radical (unpaired) electrons. The third-order valence-corrected chi connectivity index (χ3v) is 2.78. The molecule has 100 valence electrons. The van der Waals surface area contributed by atoms with Crippen molar-refractivity contribution >= 4 is 11.6 Å². The quantitative estimate of drug-likeness (QED) is 0.735. The zero-order chi connectivity index (χ0) is 13.4. The van der Waals surface area contributed by atoms with E-state index in [1.807, 2.05) is 37.1 Å². The topological polar surface area (TPSA) is 44.7 Å². The molecule has 0 saturated carbocycles. The predicted molar refractivity (Wildman–Crippen MR) is 75.2 cm³/mol. The van der Waals surface area contributed by atoms with Crippen molar-refractivity contribution in [3.05, 3.63) is 24.0 Å². The highest BCUT2D eigenvalue weighted by molar-refractivity contribution is 5.93. The minimum Gasteiger partial charge on any atom is -0.356 e. The van der Waals surface area contributed by atoms with Gasteiger partial charge in [0.25, 0.3) is 0 Å². The molecule has 0 aromatic heterocycles. The van der Waals surface area contributed by atoms with E-state index in [2.05, 4.69) is 17.2 Å². The van der Waals surface area contributed by atoms with Gasteiger partial charge in [-0.2, -0.15) is 0 Å². The minimum absolute atomic E-state index is 0.0815. The Morgan fingerprint density at radius 1 is 1.56 bits per heavy atom. The van der Waals surface area contributed by atoms with Crippen molar-refractivity contribution in [2.75, 3.05) is 13.2 Å². The third kappa shape index (κ3) is 5.17. The number of nitrogens with one attached hydrogen (secondary N) is 1. The largest absolute Gasteiger partial charge is 0.356 e. The van der Waals surface area contributed by atoms with Gasteiger partial charge < -0.3 is 10.2 Å². The predicted octanol–water partition coefficient (Wildman–Crippen LogP) is 2.44. The van der Waals surface area contributed by atoms with Crippen LogP contribution < -0.4 is 5.32 Å². The van der Waals surface area contributed by atoms with Crippen LogP contribution in [0.15, 0.2) is 29.0 Å². The summed E-state index contributed by atoms with van der Waals surface area (Å²) in [5, 5.41) is 2.89. The van der Waals surface area contributed by atoms with Crippen molar-refractivity contribution in [3.63, 3.8) is 0 Å². The molecule has 0 spiro atoms. The monoisotopic (exact) mass is 249 g/mol. The van der Waals surface area contributed by atoms with Crippen molar-refractivity contribution in [1.82, 2.24) is 10.2 Å². The maximum atomic E-state index is 11.5. The summed E-state index contributed by atoms with van der Waals surface area (Å²) >= 11 is 0. The first-order valence-electron chi connectivity index (χ1n) is 6.53. The summed E-state index contributed by atoms with van der Waals surface area (Å²) in [7, 11) is 0. The maximum absolute atomic E-state index is 11.5. The molecule has 1 N–H and O–H groups in total. The fraction of sp³-hybridized carbons (Fsp3) is 0.571. The molecule has 1 aliphatic rings. The van der Waals surface area contributed by atoms with E-state index in [-0.39, 0.29) is 5.91 Å². The Morgan fingerprint density at radius 2 is 2.33 bits per heavy atom. The molecule has 0 fully saturated rings. The summed E-state index contributed by atoms with van der Waals surface area (Å²) in [6.45, 7) is 7.56. The van der Waals surface area contributed by atoms with Crippen LogP contribution in [0.4, 0.5) is 0 Å². The Labute approximate surface area is 109 Å². The Bertz CT molecular complexity index is 369. The summed E-state index contributed by atoms with van der Waals surface area (Å²) < 4.78 is 0. The highest BCUT2D eigenvalue weighted by atomic mass is 16.1. The summed E-state index contributed by atoms with van der Waals surface area (Å²) in [5.74, 6) is 0.0815. The van der Waals surface area contributed by atoms with Crippen LogP contribution >= 0.6 is 0 Å². The molecule has 1 aliphatic heterocycles. The van der Waals surface area contributed by atoms with Crippen molar-refractivity contribution in [2.24, 2.45) is 4.99 Å². The zero-order valence-electron chi connectivity index (χ0n) is 11.6. The van der Waals surface area contributed by atoms with E-state index >= 15 is 0 Å². The molecule has 0 aromatic carbocycles. The van der Waals surface area contributed by atoms with Crippen LogP contribution in [-0.2, 0) is 4.79 Å². The van der Waals surface area contributed by atoms with Crippen LogP contribution in [0.1, 0.15) is 40.0 Å². The van der Waals surface area contributed by atoms with E-state index in [0.29, 0.717) is 13.1 Å². The zero-order valence-corrected chi connectivity index (χ0v) is 11.6. The van der Waals surface area contributed by atoms with E-state index in [0.717, 1.165) is 30.8 Å². The molecule has 1 heterocycles. The molecule has 1 rings (SSSR count). The summed E-state index contributed by atoms with van der Waals surface area (Å²) in [6, 6.07) is 0. The minimum atomic E-state index is 0.0815. The van der Waals surface area contributed by atoms with Gasteiger partial charge in [0.1, 0.15) is 6.67 Å². The van der Waals surface area contributed by atoms with Gasteiger partial charge in [0.2, 0.25) is 5.91 Å². The first-order valence-corrected chi connectivity index (χ1v) is 6.53. The standard InChI is InChI=1S/C14H23N3O/c1-4-5-8-15-14(18)7-6-9-17-11-16-12(2)10-13(17)3/h6,9-10H,4-5,7-8,11H2,1-3H3,(H,15,18)/b9-6-. The van der Waals surface area contributed by atoms with Gasteiger partial charge in [-0.1, -0.05) is 19.4 Å². The van der Waals surface area contributed by atoms with Crippen molar-refractivity contribution in [3.8, 4) is 0 Å². The van der Waals surface area contributed by atoms with Crippen LogP contribution in [0, 0.1) is 0 Å². The Kier molecular flexibility index (Phi) is 6.19. The Hall–Kier alpha value is -1.58. The van der Waals surface area contributed by atoms with Gasteiger partial charge in [0, 0.05) is 30.6 Å². The normalized spacial score (nSPS) is 15.6. The van der Waals surface area contributed by atoms with Crippen LogP contribution in [0.25, 0.3) is 0 Å². The molecule has 0 bridgehead atoms. The third-order valence-electron chi connectivity index (χ3n) is 2.78. The van der Waals surface area contributed by atoms with E-state index in [4.69, 9.17) is 0 Å². The molecule has 18 heavy (non-hydrogen) atoms. The summed E-state index contributed by atoms with van der Waals surface area (Å²) in [6.07, 6.45) is 8.42. The van der Waals surface area contributed by atoms with Gasteiger partial charge in [0.15, 0.2) is 0 Å². The molecule has 0 aliphatic carbocycles. The second-order valence-electron chi connectivity index (χ2n) is 4.49. The van der Waals surface area contributed by atoms with Crippen LogP contribution in [0.2, 0.25) is 0 Å². The Balaban J connectivity index is 2.29.